The highest BCUT2D eigenvalue weighted by Crippen LogP contribution is 2.25. The zero-order chi connectivity index (χ0) is 18.7. The second-order valence-electron chi connectivity index (χ2n) is 4.96. The lowest BCUT2D eigenvalue weighted by Gasteiger charge is -2.05. The molecule has 1 aromatic heterocycles. The van der Waals surface area contributed by atoms with Crippen LogP contribution in [0.5, 0.6) is 0 Å². The van der Waals surface area contributed by atoms with Gasteiger partial charge in [-0.1, -0.05) is 30.3 Å². The van der Waals surface area contributed by atoms with Crippen LogP contribution in [0.1, 0.15) is 0 Å². The number of rotatable bonds is 5. The van der Waals surface area contributed by atoms with Gasteiger partial charge in [-0.15, -0.1) is 8.87 Å². The summed E-state index contributed by atoms with van der Waals surface area (Å²) < 4.78 is 30.3. The van der Waals surface area contributed by atoms with E-state index >= 15 is 0 Å². The molecule has 10 nitrogen and oxygen atoms in total. The van der Waals surface area contributed by atoms with Crippen molar-refractivity contribution in [3.63, 3.8) is 0 Å². The van der Waals surface area contributed by atoms with Crippen LogP contribution in [0, 0.1) is 10.1 Å². The van der Waals surface area contributed by atoms with Crippen LogP contribution in [-0.4, -0.2) is 39.8 Å². The summed E-state index contributed by atoms with van der Waals surface area (Å²) in [5.74, 6) is 0. The molecular formula is C14H12N6O4S2. The summed E-state index contributed by atoms with van der Waals surface area (Å²) in [5.41, 5.74) is 0.112. The molecule has 0 spiro atoms. The van der Waals surface area contributed by atoms with Crippen LogP contribution in [0.2, 0.25) is 0 Å². The Morgan fingerprint density at radius 2 is 1.77 bits per heavy atom. The number of benzene rings is 2. The Balaban J connectivity index is 2.07. The molecule has 0 aliphatic rings. The first-order valence-electron chi connectivity index (χ1n) is 7.11. The largest absolute Gasteiger partial charge is 0.295 e. The Bertz CT molecular complexity index is 1100. The number of hydrogen-bond donors (Lipinski definition) is 0. The third kappa shape index (κ3) is 3.50. The number of tetrazole rings is 1. The van der Waals surface area contributed by atoms with Crippen molar-refractivity contribution in [3.05, 3.63) is 64.7 Å². The minimum absolute atomic E-state index is 0.221. The van der Waals surface area contributed by atoms with Gasteiger partial charge in [-0.3, -0.25) is 10.1 Å². The maximum atomic E-state index is 12.6. The highest BCUT2D eigenvalue weighted by molar-refractivity contribution is 7.99. The summed E-state index contributed by atoms with van der Waals surface area (Å²) in [7, 11) is -5.54. The first-order valence-corrected chi connectivity index (χ1v) is 10.1. The molecular weight excluding hydrogens is 380 g/mol. The molecule has 0 N–H and O–H groups in total. The predicted octanol–water partition coefficient (Wildman–Crippen LogP) is 1.75. The molecule has 134 valence electrons. The third-order valence-corrected chi connectivity index (χ3v) is 6.62. The molecule has 0 fully saturated rings. The van der Waals surface area contributed by atoms with Crippen LogP contribution in [0.4, 0.5) is 5.69 Å². The van der Waals surface area contributed by atoms with Crippen LogP contribution in [0.15, 0.2) is 68.4 Å². The van der Waals surface area contributed by atoms with Crippen molar-refractivity contribution in [2.24, 2.45) is 3.77 Å². The second-order valence-corrected chi connectivity index (χ2v) is 8.27. The molecule has 0 aliphatic carbocycles. The molecule has 26 heavy (non-hydrogen) atoms. The molecule has 0 radical (unpaired) electrons. The number of nitro groups is 1. The van der Waals surface area contributed by atoms with Crippen LogP contribution in [0.3, 0.4) is 0 Å². The Morgan fingerprint density at radius 3 is 2.46 bits per heavy atom. The van der Waals surface area contributed by atoms with Crippen LogP contribution in [-0.2, 0) is 20.7 Å². The van der Waals surface area contributed by atoms with E-state index in [4.69, 9.17) is 0 Å². The van der Waals surface area contributed by atoms with E-state index < -0.39 is 36.2 Å². The number of nitrogens with zero attached hydrogens (tertiary/aromatic N) is 6. The summed E-state index contributed by atoms with van der Waals surface area (Å²) in [6.07, 6.45) is 1.53. The fourth-order valence-corrected chi connectivity index (χ4v) is 5.11. The zero-order valence-corrected chi connectivity index (χ0v) is 15.0. The highest BCUT2D eigenvalue weighted by Gasteiger charge is 2.25. The van der Waals surface area contributed by atoms with Gasteiger partial charge < -0.3 is 0 Å². The van der Waals surface area contributed by atoms with Crippen molar-refractivity contribution in [1.82, 2.24) is 20.2 Å². The zero-order valence-electron chi connectivity index (χ0n) is 13.3. The Kier molecular flexibility index (Phi) is 4.86. The van der Waals surface area contributed by atoms with E-state index in [9.17, 15) is 18.5 Å². The van der Waals surface area contributed by atoms with Crippen molar-refractivity contribution < 1.29 is 13.3 Å². The monoisotopic (exact) mass is 392 g/mol. The number of para-hydroxylation sites is 2. The average molecular weight is 392 g/mol. The normalized spacial score (nSPS) is 12.8. The minimum Gasteiger partial charge on any atom is -0.258 e. The van der Waals surface area contributed by atoms with E-state index in [0.29, 0.717) is 5.69 Å². The quantitative estimate of drug-likeness (QED) is 0.477. The molecule has 0 saturated heterocycles. The molecule has 1 atom stereocenters. The van der Waals surface area contributed by atoms with Gasteiger partial charge >= 0.3 is 0 Å². The maximum absolute atomic E-state index is 12.6. The van der Waals surface area contributed by atoms with Crippen molar-refractivity contribution in [2.45, 2.75) is 10.1 Å². The molecule has 3 rings (SSSR count). The lowest BCUT2D eigenvalue weighted by Crippen LogP contribution is -2.08. The van der Waals surface area contributed by atoms with E-state index in [1.165, 1.54) is 23.1 Å². The summed E-state index contributed by atoms with van der Waals surface area (Å²) in [6, 6.07) is 14.0. The van der Waals surface area contributed by atoms with Gasteiger partial charge in [0.05, 0.1) is 10.6 Å². The van der Waals surface area contributed by atoms with E-state index in [0.717, 1.165) is 12.1 Å². The fourth-order valence-electron chi connectivity index (χ4n) is 2.14. The SMILES string of the molecule is C/S(=N/S(=O)(=O)c1ccccc1[N+](=O)[O-])c1nnnn1-c1ccccc1. The Labute approximate surface area is 150 Å². The summed E-state index contributed by atoms with van der Waals surface area (Å²) in [5, 5.41) is 22.6. The highest BCUT2D eigenvalue weighted by atomic mass is 32.3. The van der Waals surface area contributed by atoms with Gasteiger partial charge in [0, 0.05) is 12.3 Å². The predicted molar refractivity (Wildman–Crippen MR) is 93.4 cm³/mol. The summed E-state index contributed by atoms with van der Waals surface area (Å²) in [4.78, 5) is 9.86. The van der Waals surface area contributed by atoms with Crippen molar-refractivity contribution in [3.8, 4) is 5.69 Å². The second kappa shape index (κ2) is 7.09. The summed E-state index contributed by atoms with van der Waals surface area (Å²) in [6.45, 7) is 0. The van der Waals surface area contributed by atoms with Gasteiger partial charge in [0.2, 0.25) is 5.16 Å². The van der Waals surface area contributed by atoms with Crippen molar-refractivity contribution in [2.75, 3.05) is 6.26 Å². The van der Waals surface area contributed by atoms with E-state index in [2.05, 4.69) is 19.3 Å². The Hall–Kier alpha value is -2.99. The lowest BCUT2D eigenvalue weighted by molar-refractivity contribution is -0.387. The molecule has 3 aromatic rings. The van der Waals surface area contributed by atoms with Gasteiger partial charge in [0.25, 0.3) is 15.7 Å². The van der Waals surface area contributed by atoms with Crippen molar-refractivity contribution in [1.29, 1.82) is 0 Å². The minimum atomic E-state index is -4.27. The molecule has 2 aromatic carbocycles. The van der Waals surface area contributed by atoms with Gasteiger partial charge in [0.1, 0.15) is 0 Å². The Morgan fingerprint density at radius 1 is 1.12 bits per heavy atom. The average Bonchev–Trinajstić information content (AvgIpc) is 3.12. The van der Waals surface area contributed by atoms with Crippen LogP contribution < -0.4 is 0 Å². The van der Waals surface area contributed by atoms with Gasteiger partial charge in [0.15, 0.2) is 4.90 Å². The van der Waals surface area contributed by atoms with E-state index in [1.54, 1.807) is 24.3 Å². The molecule has 1 unspecified atom stereocenters. The third-order valence-electron chi connectivity index (χ3n) is 3.26. The molecule has 0 aliphatic heterocycles. The molecule has 12 heteroatoms. The fraction of sp³-hybridized carbons (Fsp3) is 0.0714. The van der Waals surface area contributed by atoms with Crippen LogP contribution >= 0.6 is 0 Å². The number of nitro benzene ring substituents is 1. The van der Waals surface area contributed by atoms with Crippen LogP contribution in [0.25, 0.3) is 5.69 Å². The lowest BCUT2D eigenvalue weighted by atomic mass is 10.3. The molecule has 0 bridgehead atoms. The molecule has 0 saturated carbocycles. The van der Waals surface area contributed by atoms with E-state index in [1.807, 2.05) is 6.07 Å². The van der Waals surface area contributed by atoms with E-state index in [-0.39, 0.29) is 5.16 Å². The smallest absolute Gasteiger partial charge is 0.258 e. The van der Waals surface area contributed by atoms with Gasteiger partial charge in [-0.05, 0) is 39.3 Å². The number of aromatic nitrogens is 4. The number of sulfonamides is 1. The van der Waals surface area contributed by atoms with Gasteiger partial charge in [-0.2, -0.15) is 13.1 Å². The molecule has 1 heterocycles. The van der Waals surface area contributed by atoms with Gasteiger partial charge in [-0.25, -0.2) is 0 Å². The topological polar surface area (TPSA) is 133 Å². The maximum Gasteiger partial charge on any atom is 0.295 e. The first-order chi connectivity index (χ1) is 12.4. The standard InChI is InChI=1S/C14H12N6O4S2/c1-25(14-15-16-17-19(14)11-7-3-2-4-8-11)18-26(23,24)13-10-6-5-9-12(13)20(21)22/h2-10H,1H3. The number of hydrogen-bond acceptors (Lipinski definition) is 7. The first kappa shape index (κ1) is 17.8. The molecule has 0 amide bonds. The summed E-state index contributed by atoms with van der Waals surface area (Å²) >= 11 is 0. The van der Waals surface area contributed by atoms with Crippen molar-refractivity contribution >= 4 is 26.4 Å².